The van der Waals surface area contributed by atoms with Gasteiger partial charge in [0, 0.05) is 25.7 Å². The van der Waals surface area contributed by atoms with Gasteiger partial charge in [-0.25, -0.2) is 4.68 Å². The van der Waals surface area contributed by atoms with E-state index in [1.807, 2.05) is 4.90 Å². The molecule has 19 heavy (non-hydrogen) atoms. The minimum atomic E-state index is 0.0339. The maximum atomic E-state index is 12.3. The summed E-state index contributed by atoms with van der Waals surface area (Å²) in [5, 5.41) is 16.7. The third-order valence-corrected chi connectivity index (χ3v) is 3.49. The third kappa shape index (κ3) is 3.51. The van der Waals surface area contributed by atoms with Gasteiger partial charge >= 0.3 is 0 Å². The zero-order chi connectivity index (χ0) is 13.7. The number of nitrogens with two attached hydrogens (primary N) is 1. The predicted molar refractivity (Wildman–Crippen MR) is 69.0 cm³/mol. The van der Waals surface area contributed by atoms with Crippen molar-refractivity contribution in [2.75, 3.05) is 13.2 Å². The maximum absolute atomic E-state index is 12.3. The van der Waals surface area contributed by atoms with E-state index in [-0.39, 0.29) is 19.1 Å². The van der Waals surface area contributed by atoms with Crippen LogP contribution in [0.4, 0.5) is 0 Å². The van der Waals surface area contributed by atoms with E-state index < -0.39 is 0 Å². The lowest BCUT2D eigenvalue weighted by Gasteiger charge is -2.37. The summed E-state index contributed by atoms with van der Waals surface area (Å²) in [4.78, 5) is 14.1. The minimum Gasteiger partial charge on any atom is -0.396 e. The van der Waals surface area contributed by atoms with Crippen LogP contribution < -0.4 is 5.73 Å². The van der Waals surface area contributed by atoms with Crippen molar-refractivity contribution in [3.05, 3.63) is 11.9 Å². The van der Waals surface area contributed by atoms with E-state index >= 15 is 0 Å². The van der Waals surface area contributed by atoms with Crippen molar-refractivity contribution in [2.24, 2.45) is 5.73 Å². The van der Waals surface area contributed by atoms with Gasteiger partial charge in [-0.1, -0.05) is 5.21 Å². The molecule has 0 spiro atoms. The monoisotopic (exact) mass is 267 g/mol. The molecule has 1 heterocycles. The average molecular weight is 267 g/mol. The first kappa shape index (κ1) is 14.0. The summed E-state index contributed by atoms with van der Waals surface area (Å²) < 4.78 is 1.52. The highest BCUT2D eigenvalue weighted by atomic mass is 16.3. The number of carbonyl (C=O) groups is 1. The number of nitrogens with zero attached hydrogens (tertiary/aromatic N) is 4. The molecule has 0 saturated heterocycles. The van der Waals surface area contributed by atoms with Gasteiger partial charge in [0.05, 0.1) is 11.9 Å². The van der Waals surface area contributed by atoms with Crippen LogP contribution in [-0.4, -0.2) is 50.1 Å². The van der Waals surface area contributed by atoms with E-state index in [2.05, 4.69) is 10.3 Å². The van der Waals surface area contributed by atoms with Gasteiger partial charge in [0.15, 0.2) is 0 Å². The van der Waals surface area contributed by atoms with Gasteiger partial charge in [-0.05, 0) is 25.7 Å². The largest absolute Gasteiger partial charge is 0.396 e. The molecule has 0 bridgehead atoms. The fraction of sp³-hybridized carbons (Fsp3) is 0.750. The Labute approximate surface area is 112 Å². The Balaban J connectivity index is 1.93. The van der Waals surface area contributed by atoms with Gasteiger partial charge in [0.2, 0.25) is 5.91 Å². The summed E-state index contributed by atoms with van der Waals surface area (Å²) in [5.74, 6) is 0.0339. The highest BCUT2D eigenvalue weighted by molar-refractivity contribution is 5.76. The Bertz CT molecular complexity index is 416. The Morgan fingerprint density at radius 1 is 1.58 bits per heavy atom. The molecule has 0 atom stereocenters. The maximum Gasteiger partial charge on any atom is 0.244 e. The van der Waals surface area contributed by atoms with Crippen LogP contribution in [-0.2, 0) is 17.9 Å². The molecule has 1 saturated carbocycles. The van der Waals surface area contributed by atoms with Gasteiger partial charge in [-0.3, -0.25) is 4.79 Å². The molecule has 0 aromatic carbocycles. The molecule has 7 heteroatoms. The van der Waals surface area contributed by atoms with Crippen molar-refractivity contribution in [2.45, 2.75) is 44.8 Å². The van der Waals surface area contributed by atoms with Crippen LogP contribution in [0.1, 0.15) is 31.4 Å². The van der Waals surface area contributed by atoms with Crippen LogP contribution in [0, 0.1) is 0 Å². The van der Waals surface area contributed by atoms with Crippen molar-refractivity contribution in [1.82, 2.24) is 19.9 Å². The first-order chi connectivity index (χ1) is 9.24. The lowest BCUT2D eigenvalue weighted by Crippen LogP contribution is -2.46. The Morgan fingerprint density at radius 3 is 2.89 bits per heavy atom. The highest BCUT2D eigenvalue weighted by Crippen LogP contribution is 2.25. The van der Waals surface area contributed by atoms with E-state index in [0.717, 1.165) is 12.8 Å². The lowest BCUT2D eigenvalue weighted by molar-refractivity contribution is -0.136. The van der Waals surface area contributed by atoms with Crippen LogP contribution in [0.25, 0.3) is 0 Å². The van der Waals surface area contributed by atoms with Crippen molar-refractivity contribution in [3.8, 4) is 0 Å². The molecule has 1 aliphatic carbocycles. The molecule has 0 unspecified atom stereocenters. The topological polar surface area (TPSA) is 97.3 Å². The number of hydrogen-bond donors (Lipinski definition) is 2. The van der Waals surface area contributed by atoms with Gasteiger partial charge in [0.1, 0.15) is 6.54 Å². The van der Waals surface area contributed by atoms with Gasteiger partial charge < -0.3 is 15.7 Å². The van der Waals surface area contributed by atoms with E-state index in [1.165, 1.54) is 11.1 Å². The standard InChI is InChI=1S/C12H21N5O2/c13-7-10-8-16(15-14-10)9-12(19)17(5-2-6-18)11-3-1-4-11/h8,11,18H,1-7,9,13H2. The first-order valence-electron chi connectivity index (χ1n) is 6.74. The molecule has 7 nitrogen and oxygen atoms in total. The smallest absolute Gasteiger partial charge is 0.244 e. The molecule has 3 N–H and O–H groups in total. The SMILES string of the molecule is NCc1cn(CC(=O)N(CCCO)C2CCC2)nn1. The van der Waals surface area contributed by atoms with E-state index in [4.69, 9.17) is 10.8 Å². The second-order valence-electron chi connectivity index (χ2n) is 4.86. The van der Waals surface area contributed by atoms with Crippen molar-refractivity contribution in [3.63, 3.8) is 0 Å². The third-order valence-electron chi connectivity index (χ3n) is 3.49. The lowest BCUT2D eigenvalue weighted by atomic mass is 9.91. The average Bonchev–Trinajstić information content (AvgIpc) is 2.79. The summed E-state index contributed by atoms with van der Waals surface area (Å²) in [5.41, 5.74) is 6.14. The number of aliphatic hydroxyl groups is 1. The molecule has 1 amide bonds. The number of amides is 1. The molecule has 106 valence electrons. The Morgan fingerprint density at radius 2 is 2.37 bits per heavy atom. The summed E-state index contributed by atoms with van der Waals surface area (Å²) >= 11 is 0. The van der Waals surface area contributed by atoms with E-state index in [9.17, 15) is 4.79 Å². The Kier molecular flexibility index (Phi) is 4.86. The van der Waals surface area contributed by atoms with E-state index in [1.54, 1.807) is 6.20 Å². The van der Waals surface area contributed by atoms with Gasteiger partial charge in [-0.15, -0.1) is 5.10 Å². The van der Waals surface area contributed by atoms with Crippen LogP contribution >= 0.6 is 0 Å². The zero-order valence-electron chi connectivity index (χ0n) is 11.0. The molecular formula is C12H21N5O2. The molecule has 2 rings (SSSR count). The number of carbonyl (C=O) groups excluding carboxylic acids is 1. The number of aromatic nitrogens is 3. The minimum absolute atomic E-state index is 0.0339. The van der Waals surface area contributed by atoms with Crippen LogP contribution in [0.2, 0.25) is 0 Å². The first-order valence-corrected chi connectivity index (χ1v) is 6.74. The second-order valence-corrected chi connectivity index (χ2v) is 4.86. The number of aliphatic hydroxyl groups excluding tert-OH is 1. The summed E-state index contributed by atoms with van der Waals surface area (Å²) in [6, 6.07) is 0.330. The van der Waals surface area contributed by atoms with Gasteiger partial charge in [-0.2, -0.15) is 0 Å². The summed E-state index contributed by atoms with van der Waals surface area (Å²) in [6.07, 6.45) is 5.61. The molecule has 1 aromatic rings. The number of hydrogen-bond acceptors (Lipinski definition) is 5. The molecule has 1 aliphatic rings. The van der Waals surface area contributed by atoms with E-state index in [0.29, 0.717) is 31.2 Å². The molecule has 1 fully saturated rings. The van der Waals surface area contributed by atoms with Crippen LogP contribution in [0.5, 0.6) is 0 Å². The summed E-state index contributed by atoms with van der Waals surface area (Å²) in [6.45, 7) is 1.23. The summed E-state index contributed by atoms with van der Waals surface area (Å²) in [7, 11) is 0. The van der Waals surface area contributed by atoms with Crippen LogP contribution in [0.15, 0.2) is 6.20 Å². The molecule has 0 radical (unpaired) electrons. The molecule has 0 aliphatic heterocycles. The zero-order valence-corrected chi connectivity index (χ0v) is 11.0. The second kappa shape index (κ2) is 6.63. The van der Waals surface area contributed by atoms with Crippen molar-refractivity contribution < 1.29 is 9.90 Å². The number of rotatable bonds is 7. The fourth-order valence-corrected chi connectivity index (χ4v) is 2.19. The predicted octanol–water partition coefficient (Wildman–Crippen LogP) is -0.500. The molecular weight excluding hydrogens is 246 g/mol. The van der Waals surface area contributed by atoms with Crippen LogP contribution in [0.3, 0.4) is 0 Å². The highest BCUT2D eigenvalue weighted by Gasteiger charge is 2.28. The Hall–Kier alpha value is -1.47. The van der Waals surface area contributed by atoms with Crippen molar-refractivity contribution in [1.29, 1.82) is 0 Å². The normalized spacial score (nSPS) is 15.3. The quantitative estimate of drug-likeness (QED) is 0.694. The van der Waals surface area contributed by atoms with Crippen molar-refractivity contribution >= 4 is 5.91 Å². The molecule has 1 aromatic heterocycles. The van der Waals surface area contributed by atoms with Gasteiger partial charge in [0.25, 0.3) is 0 Å². The fourth-order valence-electron chi connectivity index (χ4n) is 2.19.